The first kappa shape index (κ1) is 15.0. The molecular weight excluding hydrogens is 230 g/mol. The number of hydrogen-bond donors (Lipinski definition) is 1. The van der Waals surface area contributed by atoms with Crippen molar-refractivity contribution in [3.63, 3.8) is 0 Å². The van der Waals surface area contributed by atoms with Gasteiger partial charge in [-0.3, -0.25) is 4.68 Å². The molecule has 0 aliphatic carbocycles. The maximum atomic E-state index is 5.52. The van der Waals surface area contributed by atoms with Crippen LogP contribution < -0.4 is 10.1 Å². The van der Waals surface area contributed by atoms with Crippen molar-refractivity contribution in [3.05, 3.63) is 11.9 Å². The van der Waals surface area contributed by atoms with Gasteiger partial charge in [0.2, 0.25) is 0 Å². The van der Waals surface area contributed by atoms with Gasteiger partial charge in [-0.2, -0.15) is 5.10 Å². The average molecular weight is 255 g/mol. The van der Waals surface area contributed by atoms with Crippen LogP contribution in [0.4, 0.5) is 0 Å². The summed E-state index contributed by atoms with van der Waals surface area (Å²) in [6.07, 6.45) is 2.60. The van der Waals surface area contributed by atoms with Gasteiger partial charge in [0.15, 0.2) is 5.75 Å². The maximum absolute atomic E-state index is 5.52. The third-order valence-corrected chi connectivity index (χ3v) is 3.20. The van der Waals surface area contributed by atoms with Crippen molar-refractivity contribution in [2.24, 2.45) is 7.05 Å². The minimum absolute atomic E-state index is 0.160. The van der Waals surface area contributed by atoms with Crippen LogP contribution >= 0.6 is 0 Å². The third-order valence-electron chi connectivity index (χ3n) is 3.20. The molecule has 0 radical (unpaired) electrons. The number of aryl methyl sites for hydroxylation is 1. The highest BCUT2D eigenvalue weighted by atomic mass is 16.5. The highest BCUT2D eigenvalue weighted by Crippen LogP contribution is 2.31. The van der Waals surface area contributed by atoms with Crippen molar-refractivity contribution in [2.45, 2.75) is 38.8 Å². The van der Waals surface area contributed by atoms with Crippen LogP contribution in [-0.4, -0.2) is 36.1 Å². The van der Waals surface area contributed by atoms with E-state index in [0.29, 0.717) is 0 Å². The second kappa shape index (κ2) is 6.20. The van der Waals surface area contributed by atoms with E-state index in [1.54, 1.807) is 20.4 Å². The van der Waals surface area contributed by atoms with Crippen LogP contribution in [0, 0.1) is 0 Å². The fourth-order valence-corrected chi connectivity index (χ4v) is 2.07. The summed E-state index contributed by atoms with van der Waals surface area (Å²) in [4.78, 5) is 0. The monoisotopic (exact) mass is 255 g/mol. The zero-order valence-electron chi connectivity index (χ0n) is 12.3. The molecule has 0 saturated heterocycles. The highest BCUT2D eigenvalue weighted by Gasteiger charge is 2.27. The van der Waals surface area contributed by atoms with Crippen LogP contribution in [0.2, 0.25) is 0 Å². The number of nitrogens with zero attached hydrogens (tertiary/aromatic N) is 2. The molecule has 5 heteroatoms. The van der Waals surface area contributed by atoms with Crippen molar-refractivity contribution < 1.29 is 9.47 Å². The van der Waals surface area contributed by atoms with E-state index in [4.69, 9.17) is 9.47 Å². The summed E-state index contributed by atoms with van der Waals surface area (Å²) >= 11 is 0. The zero-order chi connectivity index (χ0) is 13.8. The van der Waals surface area contributed by atoms with Crippen molar-refractivity contribution in [2.75, 3.05) is 20.8 Å². The zero-order valence-corrected chi connectivity index (χ0v) is 12.3. The highest BCUT2D eigenvalue weighted by molar-refractivity contribution is 5.28. The number of rotatable bonds is 7. The molecule has 0 bridgehead atoms. The molecule has 5 nitrogen and oxygen atoms in total. The number of ether oxygens (including phenoxy) is 2. The van der Waals surface area contributed by atoms with E-state index < -0.39 is 0 Å². The molecule has 1 aromatic rings. The van der Waals surface area contributed by atoms with Gasteiger partial charge in [-0.05, 0) is 26.8 Å². The SMILES string of the molecule is CCNC(CC(C)(C)OC)c1c(OC)cnn1C. The first-order chi connectivity index (χ1) is 8.45. The second-order valence-electron chi connectivity index (χ2n) is 5.00. The van der Waals surface area contributed by atoms with Gasteiger partial charge in [0.25, 0.3) is 0 Å². The first-order valence-electron chi connectivity index (χ1n) is 6.29. The van der Waals surface area contributed by atoms with E-state index >= 15 is 0 Å². The lowest BCUT2D eigenvalue weighted by Crippen LogP contribution is -2.33. The van der Waals surface area contributed by atoms with E-state index in [9.17, 15) is 0 Å². The molecule has 18 heavy (non-hydrogen) atoms. The number of methoxy groups -OCH3 is 2. The number of hydrogen-bond acceptors (Lipinski definition) is 4. The summed E-state index contributed by atoms with van der Waals surface area (Å²) in [6.45, 7) is 7.15. The molecule has 1 unspecified atom stereocenters. The molecule has 0 aliphatic heterocycles. The van der Waals surface area contributed by atoms with Crippen LogP contribution in [0.25, 0.3) is 0 Å². The van der Waals surface area contributed by atoms with Gasteiger partial charge in [-0.1, -0.05) is 6.92 Å². The molecule has 0 fully saturated rings. The van der Waals surface area contributed by atoms with Crippen LogP contribution in [0.5, 0.6) is 5.75 Å². The van der Waals surface area contributed by atoms with Gasteiger partial charge in [-0.25, -0.2) is 0 Å². The lowest BCUT2D eigenvalue weighted by molar-refractivity contribution is 0.00616. The molecular formula is C13H25N3O2. The summed E-state index contributed by atoms with van der Waals surface area (Å²) in [6, 6.07) is 0.160. The third kappa shape index (κ3) is 3.46. The van der Waals surface area contributed by atoms with Crippen molar-refractivity contribution in [1.82, 2.24) is 15.1 Å². The Kier molecular flexibility index (Phi) is 5.16. The van der Waals surface area contributed by atoms with Gasteiger partial charge in [0.1, 0.15) is 0 Å². The predicted octanol–water partition coefficient (Wildman–Crippen LogP) is 1.89. The Morgan fingerprint density at radius 3 is 2.61 bits per heavy atom. The average Bonchev–Trinajstić information content (AvgIpc) is 2.69. The minimum Gasteiger partial charge on any atom is -0.493 e. The molecule has 1 aromatic heterocycles. The summed E-state index contributed by atoms with van der Waals surface area (Å²) in [5.41, 5.74) is 0.867. The van der Waals surface area contributed by atoms with Gasteiger partial charge in [0, 0.05) is 14.2 Å². The first-order valence-corrected chi connectivity index (χ1v) is 6.29. The van der Waals surface area contributed by atoms with Crippen LogP contribution in [-0.2, 0) is 11.8 Å². The van der Waals surface area contributed by atoms with Crippen molar-refractivity contribution in [3.8, 4) is 5.75 Å². The van der Waals surface area contributed by atoms with Gasteiger partial charge in [0.05, 0.1) is 30.6 Å². The molecule has 0 saturated carbocycles. The Bertz CT molecular complexity index is 374. The largest absolute Gasteiger partial charge is 0.493 e. The minimum atomic E-state index is -0.192. The van der Waals surface area contributed by atoms with Gasteiger partial charge in [-0.15, -0.1) is 0 Å². The van der Waals surface area contributed by atoms with E-state index in [0.717, 1.165) is 24.4 Å². The lowest BCUT2D eigenvalue weighted by Gasteiger charge is -2.29. The fraction of sp³-hybridized carbons (Fsp3) is 0.769. The van der Waals surface area contributed by atoms with Gasteiger partial charge >= 0.3 is 0 Å². The van der Waals surface area contributed by atoms with Gasteiger partial charge < -0.3 is 14.8 Å². The molecule has 0 aliphatic rings. The number of nitrogens with one attached hydrogen (secondary N) is 1. The normalized spacial score (nSPS) is 13.7. The maximum Gasteiger partial charge on any atom is 0.161 e. The Morgan fingerprint density at radius 1 is 1.44 bits per heavy atom. The van der Waals surface area contributed by atoms with E-state index in [1.165, 1.54) is 0 Å². The Morgan fingerprint density at radius 2 is 2.11 bits per heavy atom. The smallest absolute Gasteiger partial charge is 0.161 e. The fourth-order valence-electron chi connectivity index (χ4n) is 2.07. The molecule has 1 heterocycles. The molecule has 0 aromatic carbocycles. The van der Waals surface area contributed by atoms with E-state index in [-0.39, 0.29) is 11.6 Å². The molecule has 104 valence electrons. The standard InChI is InChI=1S/C13H25N3O2/c1-7-14-10(8-13(2,3)18-6)12-11(17-5)9-15-16(12)4/h9-10,14H,7-8H2,1-6H3. The van der Waals surface area contributed by atoms with Crippen molar-refractivity contribution in [1.29, 1.82) is 0 Å². The van der Waals surface area contributed by atoms with E-state index in [2.05, 4.69) is 31.2 Å². The lowest BCUT2D eigenvalue weighted by atomic mass is 9.96. The topological polar surface area (TPSA) is 48.3 Å². The summed E-state index contributed by atoms with van der Waals surface area (Å²) < 4.78 is 12.8. The quantitative estimate of drug-likeness (QED) is 0.808. The number of aromatic nitrogens is 2. The molecule has 0 amide bonds. The van der Waals surface area contributed by atoms with Crippen LogP contribution in [0.1, 0.15) is 38.9 Å². The Balaban J connectivity index is 3.00. The Hall–Kier alpha value is -1.07. The second-order valence-corrected chi connectivity index (χ2v) is 5.00. The summed E-state index contributed by atoms with van der Waals surface area (Å²) in [5, 5.41) is 7.73. The molecule has 1 N–H and O–H groups in total. The molecule has 1 atom stereocenters. The molecule has 0 spiro atoms. The van der Waals surface area contributed by atoms with Crippen LogP contribution in [0.15, 0.2) is 6.20 Å². The van der Waals surface area contributed by atoms with E-state index in [1.807, 2.05) is 11.7 Å². The summed E-state index contributed by atoms with van der Waals surface area (Å²) in [7, 11) is 5.34. The van der Waals surface area contributed by atoms with Crippen molar-refractivity contribution >= 4 is 0 Å². The predicted molar refractivity (Wildman–Crippen MR) is 71.9 cm³/mol. The summed E-state index contributed by atoms with van der Waals surface area (Å²) in [5.74, 6) is 0.815. The Labute approximate surface area is 109 Å². The molecule has 1 rings (SSSR count). The van der Waals surface area contributed by atoms with Crippen LogP contribution in [0.3, 0.4) is 0 Å².